The molecule has 0 saturated heterocycles. The summed E-state index contributed by atoms with van der Waals surface area (Å²) in [7, 11) is 0. The van der Waals surface area contributed by atoms with Crippen LogP contribution >= 0.6 is 0 Å². The Morgan fingerprint density at radius 3 is 2.67 bits per heavy atom. The van der Waals surface area contributed by atoms with E-state index in [0.717, 1.165) is 0 Å². The van der Waals surface area contributed by atoms with Crippen molar-refractivity contribution in [3.8, 4) is 0 Å². The van der Waals surface area contributed by atoms with Gasteiger partial charge in [-0.25, -0.2) is 4.79 Å². The molecule has 0 fully saturated rings. The molecule has 0 spiro atoms. The van der Waals surface area contributed by atoms with Gasteiger partial charge in [-0.15, -0.1) is 0 Å². The smallest absolute Gasteiger partial charge is 0.326 e. The Hall–Kier alpha value is -2.48. The van der Waals surface area contributed by atoms with Gasteiger partial charge in [0.15, 0.2) is 0 Å². The van der Waals surface area contributed by atoms with Gasteiger partial charge in [0.05, 0.1) is 4.92 Å². The molecule has 0 heterocycles. The maximum Gasteiger partial charge on any atom is 0.326 e. The molecular weight excluding hydrogens is 280 g/mol. The van der Waals surface area contributed by atoms with Crippen molar-refractivity contribution < 1.29 is 24.4 Å². The molecule has 0 radical (unpaired) electrons. The van der Waals surface area contributed by atoms with Gasteiger partial charge in [0, 0.05) is 24.7 Å². The maximum atomic E-state index is 11.5. The second-order valence-corrected chi connectivity index (χ2v) is 4.19. The second kappa shape index (κ2) is 7.95. The van der Waals surface area contributed by atoms with Gasteiger partial charge in [-0.3, -0.25) is 14.9 Å². The lowest BCUT2D eigenvalue weighted by atomic mass is 10.0. The maximum absolute atomic E-state index is 11.5. The van der Waals surface area contributed by atoms with Crippen LogP contribution in [-0.2, 0) is 20.7 Å². The third kappa shape index (κ3) is 5.19. The van der Waals surface area contributed by atoms with Crippen molar-refractivity contribution in [3.05, 3.63) is 39.9 Å². The fourth-order valence-corrected chi connectivity index (χ4v) is 1.71. The van der Waals surface area contributed by atoms with E-state index >= 15 is 0 Å². The quantitative estimate of drug-likeness (QED) is 0.539. The van der Waals surface area contributed by atoms with E-state index in [4.69, 9.17) is 9.84 Å². The molecule has 1 aromatic carbocycles. The molecule has 1 atom stereocenters. The fourth-order valence-electron chi connectivity index (χ4n) is 1.71. The van der Waals surface area contributed by atoms with E-state index in [2.05, 4.69) is 5.32 Å². The first-order valence-electron chi connectivity index (χ1n) is 6.28. The molecule has 0 saturated carbocycles. The van der Waals surface area contributed by atoms with Gasteiger partial charge in [-0.1, -0.05) is 18.2 Å². The molecule has 1 amide bonds. The Bertz CT molecular complexity index is 531. The van der Waals surface area contributed by atoms with Crippen LogP contribution in [0.2, 0.25) is 0 Å². The molecule has 0 bridgehead atoms. The van der Waals surface area contributed by atoms with Crippen LogP contribution in [0.15, 0.2) is 24.3 Å². The van der Waals surface area contributed by atoms with Crippen molar-refractivity contribution in [1.82, 2.24) is 5.32 Å². The molecule has 8 heteroatoms. The van der Waals surface area contributed by atoms with Gasteiger partial charge >= 0.3 is 5.97 Å². The minimum absolute atomic E-state index is 0.176. The predicted molar refractivity (Wildman–Crippen MR) is 72.9 cm³/mol. The molecule has 0 aliphatic carbocycles. The van der Waals surface area contributed by atoms with Gasteiger partial charge in [-0.05, 0) is 6.92 Å². The zero-order chi connectivity index (χ0) is 15.8. The molecule has 1 rings (SSSR count). The van der Waals surface area contributed by atoms with Gasteiger partial charge in [0.2, 0.25) is 5.91 Å². The number of amides is 1. The van der Waals surface area contributed by atoms with Gasteiger partial charge in [-0.2, -0.15) is 0 Å². The number of nitro groups is 1. The highest BCUT2D eigenvalue weighted by Crippen LogP contribution is 2.19. The van der Waals surface area contributed by atoms with Crippen LogP contribution in [-0.4, -0.2) is 41.2 Å². The summed E-state index contributed by atoms with van der Waals surface area (Å²) in [6.07, 6.45) is -0.176. The molecular formula is C13H16N2O6. The SMILES string of the molecule is CCOCC(=O)N[C@H](Cc1ccccc1[N+](=O)[O-])C(=O)O. The molecule has 0 unspecified atom stereocenters. The van der Waals surface area contributed by atoms with Crippen molar-refractivity contribution in [2.75, 3.05) is 13.2 Å². The number of aliphatic carboxylic acids is 1. The Morgan fingerprint density at radius 1 is 1.43 bits per heavy atom. The zero-order valence-corrected chi connectivity index (χ0v) is 11.4. The number of para-hydroxylation sites is 1. The largest absolute Gasteiger partial charge is 0.480 e. The lowest BCUT2D eigenvalue weighted by Gasteiger charge is -2.14. The summed E-state index contributed by atoms with van der Waals surface area (Å²) >= 11 is 0. The Kier molecular flexibility index (Phi) is 6.28. The van der Waals surface area contributed by atoms with Crippen LogP contribution in [0.25, 0.3) is 0 Å². The number of nitrogens with zero attached hydrogens (tertiary/aromatic N) is 1. The van der Waals surface area contributed by atoms with Crippen molar-refractivity contribution in [2.45, 2.75) is 19.4 Å². The third-order valence-corrected chi connectivity index (χ3v) is 2.68. The predicted octanol–water partition coefficient (Wildman–Crippen LogP) is 0.743. The second-order valence-electron chi connectivity index (χ2n) is 4.19. The van der Waals surface area contributed by atoms with Crippen LogP contribution in [0, 0.1) is 10.1 Å². The Morgan fingerprint density at radius 2 is 2.10 bits per heavy atom. The number of rotatable bonds is 8. The van der Waals surface area contributed by atoms with Crippen molar-refractivity contribution in [3.63, 3.8) is 0 Å². The highest BCUT2D eigenvalue weighted by atomic mass is 16.6. The number of carboxylic acid groups (broad SMARTS) is 1. The van der Waals surface area contributed by atoms with Crippen LogP contribution < -0.4 is 5.32 Å². The fraction of sp³-hybridized carbons (Fsp3) is 0.385. The van der Waals surface area contributed by atoms with Gasteiger partial charge < -0.3 is 15.2 Å². The first-order valence-corrected chi connectivity index (χ1v) is 6.28. The normalized spacial score (nSPS) is 11.7. The zero-order valence-electron chi connectivity index (χ0n) is 11.4. The van der Waals surface area contributed by atoms with Crippen molar-refractivity contribution >= 4 is 17.6 Å². The van der Waals surface area contributed by atoms with Gasteiger partial charge in [0.1, 0.15) is 12.6 Å². The molecule has 2 N–H and O–H groups in total. The molecule has 0 aliphatic heterocycles. The first kappa shape index (κ1) is 16.6. The van der Waals surface area contributed by atoms with Crippen molar-refractivity contribution in [1.29, 1.82) is 0 Å². The summed E-state index contributed by atoms with van der Waals surface area (Å²) in [6.45, 7) is 1.78. The third-order valence-electron chi connectivity index (χ3n) is 2.68. The van der Waals surface area contributed by atoms with Crippen molar-refractivity contribution in [2.24, 2.45) is 0 Å². The number of hydrogen-bond donors (Lipinski definition) is 2. The summed E-state index contributed by atoms with van der Waals surface area (Å²) < 4.78 is 4.87. The van der Waals surface area contributed by atoms with E-state index in [0.29, 0.717) is 6.61 Å². The average Bonchev–Trinajstić information content (AvgIpc) is 2.44. The average molecular weight is 296 g/mol. The van der Waals surface area contributed by atoms with Crippen LogP contribution in [0.1, 0.15) is 12.5 Å². The number of nitro benzene ring substituents is 1. The molecule has 0 aromatic heterocycles. The minimum Gasteiger partial charge on any atom is -0.480 e. The monoisotopic (exact) mass is 296 g/mol. The van der Waals surface area contributed by atoms with Crippen LogP contribution in [0.5, 0.6) is 0 Å². The summed E-state index contributed by atoms with van der Waals surface area (Å²) in [5, 5.41) is 22.3. The minimum atomic E-state index is -1.27. The Balaban J connectivity index is 2.82. The number of hydrogen-bond acceptors (Lipinski definition) is 5. The van der Waals surface area contributed by atoms with E-state index in [1.54, 1.807) is 13.0 Å². The van der Waals surface area contributed by atoms with E-state index in [1.165, 1.54) is 18.2 Å². The van der Waals surface area contributed by atoms with Crippen LogP contribution in [0.4, 0.5) is 5.69 Å². The number of carbonyl (C=O) groups excluding carboxylic acids is 1. The summed E-state index contributed by atoms with van der Waals surface area (Å²) in [6, 6.07) is 4.56. The highest BCUT2D eigenvalue weighted by molar-refractivity contribution is 5.84. The van der Waals surface area contributed by atoms with E-state index < -0.39 is 22.8 Å². The summed E-state index contributed by atoms with van der Waals surface area (Å²) in [5.41, 5.74) is 0.0643. The number of benzene rings is 1. The molecule has 1 aromatic rings. The lowest BCUT2D eigenvalue weighted by Crippen LogP contribution is -2.44. The van der Waals surface area contributed by atoms with E-state index in [1.807, 2.05) is 0 Å². The lowest BCUT2D eigenvalue weighted by molar-refractivity contribution is -0.385. The van der Waals surface area contributed by atoms with E-state index in [9.17, 15) is 19.7 Å². The topological polar surface area (TPSA) is 119 Å². The number of nitrogens with one attached hydrogen (secondary N) is 1. The number of ether oxygens (including phenoxy) is 1. The van der Waals surface area contributed by atoms with Gasteiger partial charge in [0.25, 0.3) is 5.69 Å². The molecule has 0 aliphatic rings. The molecule has 21 heavy (non-hydrogen) atoms. The summed E-state index contributed by atoms with van der Waals surface area (Å²) in [4.78, 5) is 33.0. The molecule has 114 valence electrons. The first-order chi connectivity index (χ1) is 9.95. The Labute approximate surface area is 120 Å². The van der Waals surface area contributed by atoms with E-state index in [-0.39, 0.29) is 24.3 Å². The highest BCUT2D eigenvalue weighted by Gasteiger charge is 2.24. The number of carboxylic acids is 1. The summed E-state index contributed by atoms with van der Waals surface area (Å²) in [5.74, 6) is -1.85. The number of carbonyl (C=O) groups is 2. The molecule has 8 nitrogen and oxygen atoms in total. The standard InChI is InChI=1S/C13H16N2O6/c1-2-21-8-12(16)14-10(13(17)18)7-9-5-3-4-6-11(9)15(19)20/h3-6,10H,2,7-8H2,1H3,(H,14,16)(H,17,18)/t10-/m1/s1. The van der Waals surface area contributed by atoms with Crippen LogP contribution in [0.3, 0.4) is 0 Å².